The average molecular weight is 925 g/mol. The Balaban J connectivity index is 1.72. The normalized spacial score (nSPS) is 42.9. The largest absolute Gasteiger partial charge is 0.477 e. The predicted molar refractivity (Wildman–Crippen MR) is 191 cm³/mol. The third kappa shape index (κ3) is 11.2. The maximum absolute atomic E-state index is 13.1. The van der Waals surface area contributed by atoms with Gasteiger partial charge in [0.15, 0.2) is 12.6 Å². The Labute approximate surface area is 355 Å². The lowest BCUT2D eigenvalue weighted by Crippen LogP contribution is -2.72. The molecule has 2 amide bonds. The molecule has 22 atom stereocenters. The molecular formula is C34H56N2O27. The molecule has 1 unspecified atom stereocenters. The molecule has 4 saturated heterocycles. The zero-order chi connectivity index (χ0) is 47.5. The fourth-order valence-corrected chi connectivity index (χ4v) is 7.76. The van der Waals surface area contributed by atoms with Crippen molar-refractivity contribution < 1.29 is 134 Å². The van der Waals surface area contributed by atoms with Crippen LogP contribution in [0.4, 0.5) is 0 Å². The van der Waals surface area contributed by atoms with Crippen LogP contribution >= 0.6 is 0 Å². The molecule has 4 aliphatic heterocycles. The Morgan fingerprint density at radius 1 is 0.651 bits per heavy atom. The van der Waals surface area contributed by atoms with E-state index in [2.05, 4.69) is 10.6 Å². The van der Waals surface area contributed by atoms with Gasteiger partial charge in [0, 0.05) is 26.7 Å². The maximum Gasteiger partial charge on any atom is 0.364 e. The minimum absolute atomic E-state index is 0.837. The molecule has 0 spiro atoms. The zero-order valence-corrected chi connectivity index (χ0v) is 33.4. The van der Waals surface area contributed by atoms with Gasteiger partial charge in [-0.05, 0) is 0 Å². The summed E-state index contributed by atoms with van der Waals surface area (Å²) >= 11 is 0. The summed E-state index contributed by atoms with van der Waals surface area (Å²) in [7, 11) is 0. The molecule has 4 rings (SSSR count). The number of aliphatic hydroxyl groups excluding tert-OH is 14. The number of hydrogen-bond acceptors (Lipinski definition) is 25. The van der Waals surface area contributed by atoms with Gasteiger partial charge in [-0.3, -0.25) is 9.59 Å². The SMILES string of the molecule is CC(=O)N[C@H]1[C@H]([C@H](O)[C@H](O)CO)O[C@@](O[C@H](CO)[C@@H](O)[C@@H]2O[C@@](O[C@H]3[C@@H](O)[C@@H](CO)O[C@@H](O[C@H]4[C@H](O)[C@@H](O)C(O)O[C@@H]4CO)[C@@H]3O)(C(=O)O)C[C@H](O)[C@H]2NC(C)=O)(C(=O)O)C[C@@H]1O. The van der Waals surface area contributed by atoms with Crippen molar-refractivity contribution in [1.82, 2.24) is 10.6 Å². The molecule has 4 heterocycles. The fourth-order valence-electron chi connectivity index (χ4n) is 7.76. The van der Waals surface area contributed by atoms with Gasteiger partial charge in [0.05, 0.1) is 50.7 Å². The molecule has 0 saturated carbocycles. The lowest BCUT2D eigenvalue weighted by Gasteiger charge is -2.51. The van der Waals surface area contributed by atoms with Gasteiger partial charge in [-0.2, -0.15) is 0 Å². The summed E-state index contributed by atoms with van der Waals surface area (Å²) < 4.78 is 38.4. The first-order valence-corrected chi connectivity index (χ1v) is 19.4. The molecule has 0 radical (unpaired) electrons. The molecule has 63 heavy (non-hydrogen) atoms. The van der Waals surface area contributed by atoms with Crippen LogP contribution in [-0.2, 0) is 52.3 Å². The number of carbonyl (C=O) groups excluding carboxylic acids is 2. The van der Waals surface area contributed by atoms with Crippen LogP contribution in [0.15, 0.2) is 0 Å². The number of ether oxygens (including phenoxy) is 7. The summed E-state index contributed by atoms with van der Waals surface area (Å²) in [6, 6.07) is -3.57. The van der Waals surface area contributed by atoms with E-state index in [1.807, 2.05) is 0 Å². The third-order valence-electron chi connectivity index (χ3n) is 11.0. The van der Waals surface area contributed by atoms with Crippen molar-refractivity contribution in [2.24, 2.45) is 0 Å². The summed E-state index contributed by atoms with van der Waals surface area (Å²) in [5.74, 6) is -12.6. The van der Waals surface area contributed by atoms with E-state index in [1.165, 1.54) is 0 Å². The molecule has 0 bridgehead atoms. The van der Waals surface area contributed by atoms with Crippen molar-refractivity contribution in [3.63, 3.8) is 0 Å². The number of amides is 2. The van der Waals surface area contributed by atoms with Gasteiger partial charge in [-0.25, -0.2) is 9.59 Å². The number of carbonyl (C=O) groups is 4. The number of hydrogen-bond donors (Lipinski definition) is 18. The highest BCUT2D eigenvalue weighted by Crippen LogP contribution is 2.40. The van der Waals surface area contributed by atoms with Crippen molar-refractivity contribution in [2.75, 3.05) is 26.4 Å². The molecule has 29 nitrogen and oxygen atoms in total. The molecule has 4 fully saturated rings. The second-order valence-corrected chi connectivity index (χ2v) is 15.5. The van der Waals surface area contributed by atoms with Crippen molar-refractivity contribution >= 4 is 23.8 Å². The van der Waals surface area contributed by atoms with E-state index in [4.69, 9.17) is 33.2 Å². The van der Waals surface area contributed by atoms with Gasteiger partial charge < -0.3 is 125 Å². The van der Waals surface area contributed by atoms with Crippen molar-refractivity contribution in [3.8, 4) is 0 Å². The first kappa shape index (κ1) is 52.7. The Morgan fingerprint density at radius 3 is 1.63 bits per heavy atom. The Bertz CT molecular complexity index is 1560. The summed E-state index contributed by atoms with van der Waals surface area (Å²) in [5, 5.41) is 173. The summed E-state index contributed by atoms with van der Waals surface area (Å²) in [6.45, 7) is -2.75. The highest BCUT2D eigenvalue weighted by atomic mass is 16.8. The number of carboxylic acids is 2. The maximum atomic E-state index is 13.1. The second-order valence-electron chi connectivity index (χ2n) is 15.5. The van der Waals surface area contributed by atoms with E-state index >= 15 is 0 Å². The summed E-state index contributed by atoms with van der Waals surface area (Å²) in [6.07, 6.45) is -40.7. The molecule has 29 heteroatoms. The van der Waals surface area contributed by atoms with E-state index in [0.29, 0.717) is 0 Å². The Hall–Kier alpha value is -2.96. The molecule has 364 valence electrons. The molecule has 0 aromatic carbocycles. The van der Waals surface area contributed by atoms with Crippen LogP contribution in [-0.4, -0.2) is 266 Å². The quantitative estimate of drug-likeness (QED) is 0.0607. The van der Waals surface area contributed by atoms with Gasteiger partial charge in [0.25, 0.3) is 11.6 Å². The molecule has 4 aliphatic rings. The van der Waals surface area contributed by atoms with Crippen LogP contribution in [0.1, 0.15) is 26.7 Å². The minimum atomic E-state index is -3.33. The average Bonchev–Trinajstić information content (AvgIpc) is 3.22. The third-order valence-corrected chi connectivity index (χ3v) is 11.0. The number of nitrogens with one attached hydrogen (secondary N) is 2. The standard InChI is InChI=1S/C34H56N2O27/c1-9(41)35-17-11(43)3-33(31(53)54,61-26(17)19(46)13(45)5-37)60-15(7-39)21(48)27-18(36-10(2)42)12(44)4-34(62-27,32(55)56)63-28-20(47)14(6-38)58-30(24(28)51)59-25-16(8-40)57-29(52)23(50)22(25)49/h11-30,37-40,43-52H,3-8H2,1-2H3,(H,35,41)(H,36,42)(H,53,54)(H,55,56)/t11-,12-,13+,14+,15+,16+,17+,18+,19+,20-,21+,22+,23+,24+,25+,26+,27+,28-,29?,30-,33+,34-/m0/s1. The lowest BCUT2D eigenvalue weighted by molar-refractivity contribution is -0.387. The van der Waals surface area contributed by atoms with E-state index in [0.717, 1.165) is 13.8 Å². The number of aliphatic hydroxyl groups is 14. The van der Waals surface area contributed by atoms with Gasteiger partial charge in [0.1, 0.15) is 85.5 Å². The first-order valence-electron chi connectivity index (χ1n) is 19.4. The monoisotopic (exact) mass is 924 g/mol. The smallest absolute Gasteiger partial charge is 0.364 e. The van der Waals surface area contributed by atoms with E-state index in [-0.39, 0.29) is 0 Å². The van der Waals surface area contributed by atoms with E-state index in [1.54, 1.807) is 0 Å². The Kier molecular flexibility index (Phi) is 18.0. The van der Waals surface area contributed by atoms with Crippen LogP contribution in [0.2, 0.25) is 0 Å². The molecule has 0 aromatic rings. The summed E-state index contributed by atoms with van der Waals surface area (Å²) in [5.41, 5.74) is 0. The molecule has 0 aliphatic carbocycles. The van der Waals surface area contributed by atoms with Gasteiger partial charge in [0.2, 0.25) is 11.8 Å². The van der Waals surface area contributed by atoms with Gasteiger partial charge in [-0.15, -0.1) is 0 Å². The van der Waals surface area contributed by atoms with Crippen LogP contribution in [0.25, 0.3) is 0 Å². The van der Waals surface area contributed by atoms with Gasteiger partial charge in [-0.1, -0.05) is 0 Å². The van der Waals surface area contributed by atoms with Crippen LogP contribution < -0.4 is 10.6 Å². The van der Waals surface area contributed by atoms with Crippen LogP contribution in [0.3, 0.4) is 0 Å². The predicted octanol–water partition coefficient (Wildman–Crippen LogP) is -11.0. The first-order chi connectivity index (χ1) is 29.4. The van der Waals surface area contributed by atoms with Crippen LogP contribution in [0.5, 0.6) is 0 Å². The minimum Gasteiger partial charge on any atom is -0.477 e. The Morgan fingerprint density at radius 2 is 1.16 bits per heavy atom. The second kappa shape index (κ2) is 21.6. The fraction of sp³-hybridized carbons (Fsp3) is 0.882. The molecular weight excluding hydrogens is 868 g/mol. The zero-order valence-electron chi connectivity index (χ0n) is 33.4. The van der Waals surface area contributed by atoms with Crippen molar-refractivity contribution in [1.29, 1.82) is 0 Å². The van der Waals surface area contributed by atoms with Crippen molar-refractivity contribution in [2.45, 2.75) is 161 Å². The summed E-state index contributed by atoms with van der Waals surface area (Å²) in [4.78, 5) is 50.3. The highest BCUT2D eigenvalue weighted by Gasteiger charge is 2.62. The van der Waals surface area contributed by atoms with E-state index in [9.17, 15) is 101 Å². The molecule has 18 N–H and O–H groups in total. The van der Waals surface area contributed by atoms with Crippen LogP contribution in [0, 0.1) is 0 Å². The lowest BCUT2D eigenvalue weighted by atomic mass is 9.87. The van der Waals surface area contributed by atoms with Crippen molar-refractivity contribution in [3.05, 3.63) is 0 Å². The van der Waals surface area contributed by atoms with Gasteiger partial charge >= 0.3 is 11.9 Å². The highest BCUT2D eigenvalue weighted by molar-refractivity contribution is 5.77. The number of carboxylic acid groups (broad SMARTS) is 2. The number of aliphatic carboxylic acids is 2. The van der Waals surface area contributed by atoms with E-state index < -0.39 is 197 Å². The number of rotatable bonds is 18. The topological polar surface area (TPSA) is 481 Å². The molecule has 0 aromatic heterocycles.